The van der Waals surface area contributed by atoms with Crippen molar-refractivity contribution in [3.05, 3.63) is 59.0 Å². The second-order valence-corrected chi connectivity index (χ2v) is 6.36. The summed E-state index contributed by atoms with van der Waals surface area (Å²) in [5.74, 6) is 0.501. The van der Waals surface area contributed by atoms with Crippen LogP contribution in [0.25, 0.3) is 6.08 Å². The van der Waals surface area contributed by atoms with Gasteiger partial charge in [-0.1, -0.05) is 24.6 Å². The van der Waals surface area contributed by atoms with Crippen LogP contribution in [0.4, 0.5) is 15.0 Å². The topological polar surface area (TPSA) is 58.1 Å². The molecule has 5 nitrogen and oxygen atoms in total. The van der Waals surface area contributed by atoms with Crippen LogP contribution in [0.15, 0.2) is 42.1 Å². The number of halogens is 1. The minimum absolute atomic E-state index is 0.163. The quantitative estimate of drug-likeness (QED) is 0.902. The molecule has 1 aromatic heterocycles. The van der Waals surface area contributed by atoms with Crippen molar-refractivity contribution in [1.29, 1.82) is 0 Å². The lowest BCUT2D eigenvalue weighted by Gasteiger charge is -2.33. The molecule has 0 saturated carbocycles. The average Bonchev–Trinajstić information content (AvgIpc) is 2.60. The van der Waals surface area contributed by atoms with Crippen molar-refractivity contribution in [3.8, 4) is 0 Å². The fourth-order valence-corrected chi connectivity index (χ4v) is 2.98. The standard InChI is InChI=1S/C19H21FN4O/c1-13-10-15(5-6-17(13)20)11-16-7-9-24(12-14(16)2)19(25)22-18-4-3-8-21-23-18/h3-6,8,10-11,14H,7,9,12H2,1-2H3,(H,22,23,25). The minimum atomic E-state index is -0.189. The van der Waals surface area contributed by atoms with Crippen LogP contribution in [-0.2, 0) is 0 Å². The lowest BCUT2D eigenvalue weighted by Crippen LogP contribution is -2.42. The number of hydrogen-bond donors (Lipinski definition) is 1. The first kappa shape index (κ1) is 17.1. The number of carbonyl (C=O) groups excluding carboxylic acids is 1. The van der Waals surface area contributed by atoms with Crippen molar-refractivity contribution in [2.45, 2.75) is 20.3 Å². The molecule has 1 unspecified atom stereocenters. The number of likely N-dealkylation sites (tertiary alicyclic amines) is 1. The fourth-order valence-electron chi connectivity index (χ4n) is 2.98. The zero-order valence-corrected chi connectivity index (χ0v) is 14.4. The molecular weight excluding hydrogens is 319 g/mol. The van der Waals surface area contributed by atoms with Crippen LogP contribution in [0.2, 0.25) is 0 Å². The Morgan fingerprint density at radius 2 is 2.24 bits per heavy atom. The summed E-state index contributed by atoms with van der Waals surface area (Å²) in [6, 6.07) is 8.41. The molecule has 1 atom stereocenters. The smallest absolute Gasteiger partial charge is 0.323 e. The van der Waals surface area contributed by atoms with Crippen LogP contribution in [0.3, 0.4) is 0 Å². The van der Waals surface area contributed by atoms with Gasteiger partial charge in [-0.25, -0.2) is 9.18 Å². The van der Waals surface area contributed by atoms with E-state index in [1.807, 2.05) is 6.07 Å². The molecule has 1 N–H and O–H groups in total. The number of aromatic nitrogens is 2. The van der Waals surface area contributed by atoms with Gasteiger partial charge in [-0.15, -0.1) is 5.10 Å². The summed E-state index contributed by atoms with van der Waals surface area (Å²) in [7, 11) is 0. The molecular formula is C19H21FN4O. The van der Waals surface area contributed by atoms with Crippen molar-refractivity contribution >= 4 is 17.9 Å². The number of piperidine rings is 1. The molecule has 0 aliphatic carbocycles. The van der Waals surface area contributed by atoms with E-state index in [1.165, 1.54) is 11.6 Å². The number of benzene rings is 1. The summed E-state index contributed by atoms with van der Waals surface area (Å²) >= 11 is 0. The van der Waals surface area contributed by atoms with Crippen molar-refractivity contribution in [2.75, 3.05) is 18.4 Å². The van der Waals surface area contributed by atoms with Gasteiger partial charge in [0.1, 0.15) is 5.82 Å². The molecule has 1 saturated heterocycles. The van der Waals surface area contributed by atoms with E-state index < -0.39 is 0 Å². The average molecular weight is 340 g/mol. The third-order valence-corrected chi connectivity index (χ3v) is 4.43. The maximum absolute atomic E-state index is 13.4. The Bertz CT molecular complexity index is 791. The van der Waals surface area contributed by atoms with Gasteiger partial charge in [0.15, 0.2) is 5.82 Å². The number of nitrogens with one attached hydrogen (secondary N) is 1. The van der Waals surface area contributed by atoms with Crippen LogP contribution < -0.4 is 5.32 Å². The second kappa shape index (κ2) is 7.42. The molecule has 6 heteroatoms. The summed E-state index contributed by atoms with van der Waals surface area (Å²) in [5, 5.41) is 10.4. The number of urea groups is 1. The third-order valence-electron chi connectivity index (χ3n) is 4.43. The maximum atomic E-state index is 13.4. The van der Waals surface area contributed by atoms with Gasteiger partial charge >= 0.3 is 6.03 Å². The van der Waals surface area contributed by atoms with Gasteiger partial charge in [0.2, 0.25) is 0 Å². The molecule has 1 aromatic carbocycles. The summed E-state index contributed by atoms with van der Waals surface area (Å²) in [4.78, 5) is 14.1. The van der Waals surface area contributed by atoms with Gasteiger partial charge in [-0.2, -0.15) is 5.10 Å². The summed E-state index contributed by atoms with van der Waals surface area (Å²) in [6.45, 7) is 5.14. The molecule has 0 spiro atoms. The van der Waals surface area contributed by atoms with E-state index in [-0.39, 0.29) is 17.8 Å². The fraction of sp³-hybridized carbons (Fsp3) is 0.316. The van der Waals surface area contributed by atoms with Gasteiger partial charge in [0.05, 0.1) is 0 Å². The SMILES string of the molecule is Cc1cc(C=C2CCN(C(=O)Nc3cccnn3)CC2C)ccc1F. The molecule has 2 amide bonds. The molecule has 0 radical (unpaired) electrons. The third kappa shape index (κ3) is 4.21. The Balaban J connectivity index is 1.64. The number of hydrogen-bond acceptors (Lipinski definition) is 3. The van der Waals surface area contributed by atoms with E-state index in [2.05, 4.69) is 28.5 Å². The molecule has 130 valence electrons. The Morgan fingerprint density at radius 3 is 2.92 bits per heavy atom. The summed E-state index contributed by atoms with van der Waals surface area (Å²) < 4.78 is 13.4. The molecule has 0 bridgehead atoms. The lowest BCUT2D eigenvalue weighted by atomic mass is 9.91. The highest BCUT2D eigenvalue weighted by molar-refractivity contribution is 5.88. The maximum Gasteiger partial charge on any atom is 0.323 e. The Kier molecular flexibility index (Phi) is 5.07. The van der Waals surface area contributed by atoms with Crippen LogP contribution >= 0.6 is 0 Å². The number of rotatable bonds is 2. The monoisotopic (exact) mass is 340 g/mol. The van der Waals surface area contributed by atoms with Gasteiger partial charge in [-0.05, 0) is 54.7 Å². The zero-order valence-electron chi connectivity index (χ0n) is 14.4. The highest BCUT2D eigenvalue weighted by Crippen LogP contribution is 2.25. The lowest BCUT2D eigenvalue weighted by molar-refractivity contribution is 0.197. The van der Waals surface area contributed by atoms with Crippen LogP contribution in [0, 0.1) is 18.7 Å². The highest BCUT2D eigenvalue weighted by Gasteiger charge is 2.24. The van der Waals surface area contributed by atoms with Crippen molar-refractivity contribution < 1.29 is 9.18 Å². The van der Waals surface area contributed by atoms with E-state index in [1.54, 1.807) is 36.2 Å². The van der Waals surface area contributed by atoms with E-state index >= 15 is 0 Å². The molecule has 1 fully saturated rings. The number of amides is 2. The Hall–Kier alpha value is -2.76. The first-order valence-electron chi connectivity index (χ1n) is 8.33. The summed E-state index contributed by atoms with van der Waals surface area (Å²) in [5.41, 5.74) is 2.91. The second-order valence-electron chi connectivity index (χ2n) is 6.36. The molecule has 2 aromatic rings. The van der Waals surface area contributed by atoms with E-state index in [9.17, 15) is 9.18 Å². The minimum Gasteiger partial charge on any atom is -0.324 e. The van der Waals surface area contributed by atoms with Crippen molar-refractivity contribution in [1.82, 2.24) is 15.1 Å². The molecule has 25 heavy (non-hydrogen) atoms. The number of anilines is 1. The predicted molar refractivity (Wildman–Crippen MR) is 95.5 cm³/mol. The predicted octanol–water partition coefficient (Wildman–Crippen LogP) is 3.88. The zero-order chi connectivity index (χ0) is 17.8. The largest absolute Gasteiger partial charge is 0.324 e. The Morgan fingerprint density at radius 1 is 1.40 bits per heavy atom. The first-order chi connectivity index (χ1) is 12.0. The highest BCUT2D eigenvalue weighted by atomic mass is 19.1. The van der Waals surface area contributed by atoms with Crippen LogP contribution in [0.1, 0.15) is 24.5 Å². The number of aryl methyl sites for hydroxylation is 1. The molecule has 3 rings (SSSR count). The molecule has 2 heterocycles. The number of nitrogens with zero attached hydrogens (tertiary/aromatic N) is 3. The van der Waals surface area contributed by atoms with Gasteiger partial charge in [0.25, 0.3) is 0 Å². The van der Waals surface area contributed by atoms with Crippen LogP contribution in [0.5, 0.6) is 0 Å². The first-order valence-corrected chi connectivity index (χ1v) is 8.33. The normalized spacial score (nSPS) is 19.1. The molecule has 1 aliphatic heterocycles. The van der Waals surface area contributed by atoms with E-state index in [0.717, 1.165) is 12.0 Å². The van der Waals surface area contributed by atoms with Gasteiger partial charge in [-0.3, -0.25) is 5.32 Å². The van der Waals surface area contributed by atoms with E-state index in [4.69, 9.17) is 0 Å². The van der Waals surface area contributed by atoms with Crippen molar-refractivity contribution in [2.24, 2.45) is 5.92 Å². The summed E-state index contributed by atoms with van der Waals surface area (Å²) in [6.07, 6.45) is 4.47. The number of carbonyl (C=O) groups is 1. The van der Waals surface area contributed by atoms with E-state index in [0.29, 0.717) is 24.5 Å². The van der Waals surface area contributed by atoms with Crippen molar-refractivity contribution in [3.63, 3.8) is 0 Å². The Labute approximate surface area is 146 Å². The van der Waals surface area contributed by atoms with Gasteiger partial charge in [0, 0.05) is 19.3 Å². The van der Waals surface area contributed by atoms with Gasteiger partial charge < -0.3 is 4.90 Å². The van der Waals surface area contributed by atoms with Crippen LogP contribution in [-0.4, -0.2) is 34.2 Å². The molecule has 1 aliphatic rings.